The highest BCUT2D eigenvalue weighted by molar-refractivity contribution is 5.86. The second-order valence-corrected chi connectivity index (χ2v) is 3.80. The molecule has 1 atom stereocenters. The van der Waals surface area contributed by atoms with E-state index < -0.39 is 17.8 Å². The van der Waals surface area contributed by atoms with Crippen LogP contribution in [0.2, 0.25) is 0 Å². The van der Waals surface area contributed by atoms with E-state index in [4.69, 9.17) is 10.8 Å². The molecule has 1 unspecified atom stereocenters. The molecule has 0 fully saturated rings. The maximum Gasteiger partial charge on any atom is 0.312 e. The number of carbonyl (C=O) groups is 2. The lowest BCUT2D eigenvalue weighted by atomic mass is 10.0. The van der Waals surface area contributed by atoms with Crippen molar-refractivity contribution in [3.8, 4) is 0 Å². The highest BCUT2D eigenvalue weighted by Crippen LogP contribution is 2.35. The largest absolute Gasteiger partial charge is 0.481 e. The summed E-state index contributed by atoms with van der Waals surface area (Å²) < 4.78 is 0. The number of nitrogens with zero attached hydrogens (tertiary/aromatic N) is 1. The lowest BCUT2D eigenvalue weighted by molar-refractivity contribution is -0.138. The maximum atomic E-state index is 11.1. The third-order valence-corrected chi connectivity index (χ3v) is 2.70. The average Bonchev–Trinajstić information content (AvgIpc) is 2.57. The highest BCUT2D eigenvalue weighted by Gasteiger charge is 2.33. The van der Waals surface area contributed by atoms with E-state index >= 15 is 0 Å². The van der Waals surface area contributed by atoms with Gasteiger partial charge in [-0.2, -0.15) is 0 Å². The molecule has 5 heteroatoms. The monoisotopic (exact) mass is 220 g/mol. The van der Waals surface area contributed by atoms with Crippen molar-refractivity contribution in [2.24, 2.45) is 5.73 Å². The summed E-state index contributed by atoms with van der Waals surface area (Å²) in [6.07, 6.45) is 0. The predicted octanol–water partition coefficient (Wildman–Crippen LogP) is 0.160. The molecule has 1 heterocycles. The van der Waals surface area contributed by atoms with Gasteiger partial charge in [-0.1, -0.05) is 18.2 Å². The van der Waals surface area contributed by atoms with Gasteiger partial charge in [-0.05, 0) is 11.6 Å². The van der Waals surface area contributed by atoms with E-state index in [1.54, 1.807) is 23.1 Å². The number of hydrogen-bond donors (Lipinski definition) is 2. The third kappa shape index (κ3) is 1.71. The molecule has 0 bridgehead atoms. The van der Waals surface area contributed by atoms with Gasteiger partial charge in [-0.25, -0.2) is 0 Å². The number of benzene rings is 1. The smallest absolute Gasteiger partial charge is 0.312 e. The Morgan fingerprint density at radius 2 is 2.12 bits per heavy atom. The van der Waals surface area contributed by atoms with E-state index in [2.05, 4.69) is 0 Å². The molecule has 1 aliphatic heterocycles. The molecule has 5 nitrogen and oxygen atoms in total. The van der Waals surface area contributed by atoms with Gasteiger partial charge in [0.05, 0.1) is 6.54 Å². The Morgan fingerprint density at radius 3 is 2.75 bits per heavy atom. The first-order valence-corrected chi connectivity index (χ1v) is 4.94. The Labute approximate surface area is 92.5 Å². The fourth-order valence-corrected chi connectivity index (χ4v) is 2.04. The molecule has 1 aliphatic rings. The van der Waals surface area contributed by atoms with Crippen molar-refractivity contribution in [3.05, 3.63) is 29.8 Å². The van der Waals surface area contributed by atoms with Gasteiger partial charge < -0.3 is 15.7 Å². The fourth-order valence-electron chi connectivity index (χ4n) is 2.04. The SMILES string of the molecule is NC(=O)CN1CC(C(=O)O)c2ccccc21. The second-order valence-electron chi connectivity index (χ2n) is 3.80. The lowest BCUT2D eigenvalue weighted by Crippen LogP contribution is -2.33. The van der Waals surface area contributed by atoms with E-state index in [1.165, 1.54) is 0 Å². The van der Waals surface area contributed by atoms with Gasteiger partial charge in [0, 0.05) is 12.2 Å². The van der Waals surface area contributed by atoms with Crippen LogP contribution in [-0.4, -0.2) is 30.1 Å². The van der Waals surface area contributed by atoms with E-state index in [1.807, 2.05) is 6.07 Å². The molecule has 3 N–H and O–H groups in total. The van der Waals surface area contributed by atoms with Crippen LogP contribution in [0.1, 0.15) is 11.5 Å². The molecule has 84 valence electrons. The summed E-state index contributed by atoms with van der Waals surface area (Å²) in [6.45, 7) is 0.360. The minimum Gasteiger partial charge on any atom is -0.481 e. The molecule has 0 radical (unpaired) electrons. The summed E-state index contributed by atoms with van der Waals surface area (Å²) in [5.41, 5.74) is 6.66. The van der Waals surface area contributed by atoms with Crippen molar-refractivity contribution >= 4 is 17.6 Å². The first-order chi connectivity index (χ1) is 7.59. The van der Waals surface area contributed by atoms with Crippen LogP contribution in [-0.2, 0) is 9.59 Å². The van der Waals surface area contributed by atoms with Gasteiger partial charge in [0.15, 0.2) is 0 Å². The fraction of sp³-hybridized carbons (Fsp3) is 0.273. The minimum atomic E-state index is -0.876. The second kappa shape index (κ2) is 3.84. The van der Waals surface area contributed by atoms with E-state index in [0.29, 0.717) is 6.54 Å². The van der Waals surface area contributed by atoms with Gasteiger partial charge in [-0.3, -0.25) is 9.59 Å². The Kier molecular flexibility index (Phi) is 2.52. The van der Waals surface area contributed by atoms with Crippen LogP contribution in [0.15, 0.2) is 24.3 Å². The van der Waals surface area contributed by atoms with E-state index in [9.17, 15) is 9.59 Å². The van der Waals surface area contributed by atoms with Crippen LogP contribution in [0.4, 0.5) is 5.69 Å². The number of amides is 1. The quantitative estimate of drug-likeness (QED) is 0.760. The lowest BCUT2D eigenvalue weighted by Gasteiger charge is -2.16. The highest BCUT2D eigenvalue weighted by atomic mass is 16.4. The van der Waals surface area contributed by atoms with Gasteiger partial charge in [0.1, 0.15) is 5.92 Å². The van der Waals surface area contributed by atoms with Crippen molar-refractivity contribution in [2.75, 3.05) is 18.0 Å². The Hall–Kier alpha value is -2.04. The van der Waals surface area contributed by atoms with Crippen LogP contribution in [0.3, 0.4) is 0 Å². The molecule has 16 heavy (non-hydrogen) atoms. The molecule has 1 amide bonds. The number of carboxylic acids is 1. The average molecular weight is 220 g/mol. The standard InChI is InChI=1S/C11H12N2O3/c12-10(14)6-13-5-8(11(15)16)7-3-1-2-4-9(7)13/h1-4,8H,5-6H2,(H2,12,14)(H,15,16). The maximum absolute atomic E-state index is 11.1. The molecule has 1 aromatic rings. The molecule has 0 spiro atoms. The zero-order valence-corrected chi connectivity index (χ0v) is 8.59. The third-order valence-electron chi connectivity index (χ3n) is 2.70. The Bertz CT molecular complexity index is 445. The van der Waals surface area contributed by atoms with Crippen LogP contribution in [0.5, 0.6) is 0 Å². The van der Waals surface area contributed by atoms with Crippen molar-refractivity contribution in [1.82, 2.24) is 0 Å². The summed E-state index contributed by atoms with van der Waals surface area (Å²) in [6, 6.07) is 7.19. The number of nitrogens with two attached hydrogens (primary N) is 1. The molecular formula is C11H12N2O3. The minimum absolute atomic E-state index is 0.0563. The van der Waals surface area contributed by atoms with Gasteiger partial charge in [0.25, 0.3) is 0 Å². The first-order valence-electron chi connectivity index (χ1n) is 4.94. The topological polar surface area (TPSA) is 83.6 Å². The first kappa shape index (κ1) is 10.5. The van der Waals surface area contributed by atoms with E-state index in [-0.39, 0.29) is 6.54 Å². The summed E-state index contributed by atoms with van der Waals surface area (Å²) >= 11 is 0. The summed E-state index contributed by atoms with van der Waals surface area (Å²) in [7, 11) is 0. The van der Waals surface area contributed by atoms with Crippen molar-refractivity contribution in [3.63, 3.8) is 0 Å². The molecular weight excluding hydrogens is 208 g/mol. The van der Waals surface area contributed by atoms with Crippen LogP contribution in [0, 0.1) is 0 Å². The number of para-hydroxylation sites is 1. The van der Waals surface area contributed by atoms with Crippen LogP contribution < -0.4 is 10.6 Å². The molecule has 1 aromatic carbocycles. The predicted molar refractivity (Wildman–Crippen MR) is 58.2 cm³/mol. The summed E-state index contributed by atoms with van der Waals surface area (Å²) in [4.78, 5) is 23.6. The number of hydrogen-bond acceptors (Lipinski definition) is 3. The van der Waals surface area contributed by atoms with Crippen molar-refractivity contribution < 1.29 is 14.7 Å². The Morgan fingerprint density at radius 1 is 1.44 bits per heavy atom. The number of anilines is 1. The zero-order valence-electron chi connectivity index (χ0n) is 8.59. The molecule has 0 aromatic heterocycles. The molecule has 0 saturated heterocycles. The number of carboxylic acid groups (broad SMARTS) is 1. The van der Waals surface area contributed by atoms with Gasteiger partial charge in [0.2, 0.25) is 5.91 Å². The zero-order chi connectivity index (χ0) is 11.7. The van der Waals surface area contributed by atoms with Crippen LogP contribution >= 0.6 is 0 Å². The number of fused-ring (bicyclic) bond motifs is 1. The van der Waals surface area contributed by atoms with Gasteiger partial charge >= 0.3 is 5.97 Å². The number of rotatable bonds is 3. The Balaban J connectivity index is 2.35. The van der Waals surface area contributed by atoms with E-state index in [0.717, 1.165) is 11.3 Å². The number of primary amides is 1. The van der Waals surface area contributed by atoms with Crippen LogP contribution in [0.25, 0.3) is 0 Å². The molecule has 0 aliphatic carbocycles. The van der Waals surface area contributed by atoms with Crippen molar-refractivity contribution in [1.29, 1.82) is 0 Å². The molecule has 0 saturated carbocycles. The number of aliphatic carboxylic acids is 1. The summed E-state index contributed by atoms with van der Waals surface area (Å²) in [5, 5.41) is 9.07. The van der Waals surface area contributed by atoms with Gasteiger partial charge in [-0.15, -0.1) is 0 Å². The summed E-state index contributed by atoms with van der Waals surface area (Å²) in [5.74, 6) is -1.91. The normalized spacial score (nSPS) is 18.2. The molecule has 2 rings (SSSR count). The van der Waals surface area contributed by atoms with Crippen molar-refractivity contribution in [2.45, 2.75) is 5.92 Å². The number of carbonyl (C=O) groups excluding carboxylic acids is 1.